The van der Waals surface area contributed by atoms with Crippen LogP contribution in [-0.2, 0) is 13.1 Å². The lowest BCUT2D eigenvalue weighted by Crippen LogP contribution is -2.25. The quantitative estimate of drug-likeness (QED) is 0.747. The molecule has 1 heterocycles. The molecule has 0 aliphatic rings. The highest BCUT2D eigenvalue weighted by atomic mass is 16.5. The van der Waals surface area contributed by atoms with Gasteiger partial charge in [0, 0.05) is 12.1 Å². The smallest absolute Gasteiger partial charge is 0.251 e. The van der Waals surface area contributed by atoms with Gasteiger partial charge in [-0.25, -0.2) is 4.98 Å². The van der Waals surface area contributed by atoms with Gasteiger partial charge in [-0.3, -0.25) is 4.79 Å². The molecule has 5 nitrogen and oxygen atoms in total. The number of benzene rings is 2. The number of para-hydroxylation sites is 2. The van der Waals surface area contributed by atoms with Gasteiger partial charge >= 0.3 is 0 Å². The number of carbonyl (C=O) groups is 1. The molecule has 3 aromatic rings. The van der Waals surface area contributed by atoms with Crippen LogP contribution in [0.3, 0.4) is 0 Å². The van der Waals surface area contributed by atoms with Crippen LogP contribution in [0.5, 0.6) is 5.75 Å². The number of rotatable bonds is 6. The largest absolute Gasteiger partial charge is 0.497 e. The summed E-state index contributed by atoms with van der Waals surface area (Å²) in [4.78, 5) is 17.1. The molecule has 0 aliphatic heterocycles. The number of methoxy groups -OCH3 is 1. The van der Waals surface area contributed by atoms with Crippen LogP contribution in [0.15, 0.2) is 48.5 Å². The zero-order chi connectivity index (χ0) is 17.8. The summed E-state index contributed by atoms with van der Waals surface area (Å²) in [5, 5.41) is 2.96. The first-order valence-electron chi connectivity index (χ1n) is 8.45. The van der Waals surface area contributed by atoms with Crippen LogP contribution >= 0.6 is 0 Å². The second kappa shape index (κ2) is 7.38. The fourth-order valence-corrected chi connectivity index (χ4v) is 2.85. The summed E-state index contributed by atoms with van der Waals surface area (Å²) in [6.45, 7) is 5.60. The van der Waals surface area contributed by atoms with Crippen LogP contribution in [0.4, 0.5) is 0 Å². The number of amides is 1. The fourth-order valence-electron chi connectivity index (χ4n) is 2.85. The van der Waals surface area contributed by atoms with Crippen LogP contribution in [0.25, 0.3) is 11.0 Å². The summed E-state index contributed by atoms with van der Waals surface area (Å²) in [5.74, 6) is 1.89. The number of fused-ring (bicyclic) bond motifs is 1. The Bertz CT molecular complexity index is 884. The number of aromatic nitrogens is 2. The Labute approximate surface area is 147 Å². The lowest BCUT2D eigenvalue weighted by molar-refractivity contribution is 0.0949. The topological polar surface area (TPSA) is 56.1 Å². The molecule has 0 unspecified atom stereocenters. The summed E-state index contributed by atoms with van der Waals surface area (Å²) in [6, 6.07) is 15.2. The van der Waals surface area contributed by atoms with E-state index in [1.807, 2.05) is 30.3 Å². The molecule has 1 N–H and O–H groups in total. The average molecular weight is 337 g/mol. The second-order valence-electron chi connectivity index (χ2n) is 6.44. The van der Waals surface area contributed by atoms with E-state index in [0.717, 1.165) is 23.4 Å². The zero-order valence-electron chi connectivity index (χ0n) is 14.8. The van der Waals surface area contributed by atoms with Gasteiger partial charge in [-0.15, -0.1) is 0 Å². The molecule has 130 valence electrons. The number of nitrogens with zero attached hydrogens (tertiary/aromatic N) is 2. The van der Waals surface area contributed by atoms with Crippen LogP contribution in [0, 0.1) is 5.92 Å². The number of ether oxygens (including phenoxy) is 1. The summed E-state index contributed by atoms with van der Waals surface area (Å²) in [6.07, 6.45) is 0. The van der Waals surface area contributed by atoms with Gasteiger partial charge in [-0.1, -0.05) is 32.0 Å². The van der Waals surface area contributed by atoms with Gasteiger partial charge in [0.05, 0.1) is 24.7 Å². The monoisotopic (exact) mass is 337 g/mol. The van der Waals surface area contributed by atoms with Crippen molar-refractivity contribution in [3.63, 3.8) is 0 Å². The van der Waals surface area contributed by atoms with Crippen molar-refractivity contribution in [1.29, 1.82) is 0 Å². The van der Waals surface area contributed by atoms with Gasteiger partial charge in [-0.05, 0) is 36.2 Å². The van der Waals surface area contributed by atoms with Crippen molar-refractivity contribution in [3.8, 4) is 5.75 Å². The Morgan fingerprint density at radius 2 is 2.00 bits per heavy atom. The molecule has 0 fully saturated rings. The molecule has 2 aromatic carbocycles. The standard InChI is InChI=1S/C20H23N3O2/c1-14(2)13-23-18-10-5-4-9-17(18)22-19(23)12-21-20(24)15-7-6-8-16(11-15)25-3/h4-11,14H,12-13H2,1-3H3,(H,21,24). The minimum atomic E-state index is -0.137. The number of hydrogen-bond acceptors (Lipinski definition) is 3. The molecular formula is C20H23N3O2. The molecule has 0 radical (unpaired) electrons. The first-order valence-corrected chi connectivity index (χ1v) is 8.45. The molecule has 3 rings (SSSR count). The second-order valence-corrected chi connectivity index (χ2v) is 6.44. The SMILES string of the molecule is COc1cccc(C(=O)NCc2nc3ccccc3n2CC(C)C)c1. The third-order valence-corrected chi connectivity index (χ3v) is 4.02. The lowest BCUT2D eigenvalue weighted by atomic mass is 10.2. The summed E-state index contributed by atoms with van der Waals surface area (Å²) in [5.41, 5.74) is 2.63. The van der Waals surface area contributed by atoms with Gasteiger partial charge in [0.15, 0.2) is 0 Å². The number of hydrogen-bond donors (Lipinski definition) is 1. The molecule has 1 aromatic heterocycles. The van der Waals surface area contributed by atoms with Crippen LogP contribution in [-0.4, -0.2) is 22.6 Å². The van der Waals surface area contributed by atoms with Crippen molar-refractivity contribution in [2.75, 3.05) is 7.11 Å². The zero-order valence-corrected chi connectivity index (χ0v) is 14.8. The van der Waals surface area contributed by atoms with Gasteiger partial charge in [-0.2, -0.15) is 0 Å². The van der Waals surface area contributed by atoms with Gasteiger partial charge in [0.25, 0.3) is 5.91 Å². The van der Waals surface area contributed by atoms with E-state index in [9.17, 15) is 4.79 Å². The number of imidazole rings is 1. The fraction of sp³-hybridized carbons (Fsp3) is 0.300. The minimum absolute atomic E-state index is 0.137. The highest BCUT2D eigenvalue weighted by Crippen LogP contribution is 2.18. The van der Waals surface area contributed by atoms with Crippen molar-refractivity contribution >= 4 is 16.9 Å². The van der Waals surface area contributed by atoms with E-state index < -0.39 is 0 Å². The first kappa shape index (κ1) is 17.0. The summed E-state index contributed by atoms with van der Waals surface area (Å²) in [7, 11) is 1.59. The van der Waals surface area contributed by atoms with E-state index in [1.165, 1.54) is 0 Å². The number of carbonyl (C=O) groups excluding carboxylic acids is 1. The Morgan fingerprint density at radius 3 is 2.76 bits per heavy atom. The minimum Gasteiger partial charge on any atom is -0.497 e. The predicted octanol–water partition coefficient (Wildman–Crippen LogP) is 3.63. The Hall–Kier alpha value is -2.82. The number of nitrogens with one attached hydrogen (secondary N) is 1. The van der Waals surface area contributed by atoms with Gasteiger partial charge in [0.1, 0.15) is 11.6 Å². The normalized spacial score (nSPS) is 11.0. The molecule has 0 aliphatic carbocycles. The third kappa shape index (κ3) is 3.82. The Kier molecular flexibility index (Phi) is 5.03. The van der Waals surface area contributed by atoms with Crippen LogP contribution in [0.1, 0.15) is 30.0 Å². The molecule has 0 spiro atoms. The third-order valence-electron chi connectivity index (χ3n) is 4.02. The lowest BCUT2D eigenvalue weighted by Gasteiger charge is -2.12. The van der Waals surface area contributed by atoms with E-state index in [0.29, 0.717) is 23.8 Å². The van der Waals surface area contributed by atoms with Gasteiger partial charge < -0.3 is 14.6 Å². The van der Waals surface area contributed by atoms with Crippen molar-refractivity contribution in [1.82, 2.24) is 14.9 Å². The maximum absolute atomic E-state index is 12.4. The van der Waals surface area contributed by atoms with Crippen LogP contribution < -0.4 is 10.1 Å². The van der Waals surface area contributed by atoms with Crippen molar-refractivity contribution in [3.05, 3.63) is 59.9 Å². The summed E-state index contributed by atoms with van der Waals surface area (Å²) < 4.78 is 7.36. The molecule has 5 heteroatoms. The molecule has 0 saturated heterocycles. The molecule has 1 amide bonds. The van der Waals surface area contributed by atoms with Crippen molar-refractivity contribution < 1.29 is 9.53 Å². The van der Waals surface area contributed by atoms with Gasteiger partial charge in [0.2, 0.25) is 0 Å². The molecule has 0 saturated carbocycles. The van der Waals surface area contributed by atoms with E-state index in [4.69, 9.17) is 4.74 Å². The highest BCUT2D eigenvalue weighted by molar-refractivity contribution is 5.94. The van der Waals surface area contributed by atoms with E-state index in [1.54, 1.807) is 19.2 Å². The van der Waals surface area contributed by atoms with Crippen molar-refractivity contribution in [2.24, 2.45) is 5.92 Å². The molecular weight excluding hydrogens is 314 g/mol. The van der Waals surface area contributed by atoms with E-state index >= 15 is 0 Å². The molecule has 0 bridgehead atoms. The Morgan fingerprint density at radius 1 is 1.20 bits per heavy atom. The average Bonchev–Trinajstić information content (AvgIpc) is 2.97. The predicted molar refractivity (Wildman–Crippen MR) is 98.7 cm³/mol. The van der Waals surface area contributed by atoms with Crippen molar-refractivity contribution in [2.45, 2.75) is 26.9 Å². The maximum atomic E-state index is 12.4. The first-order chi connectivity index (χ1) is 12.1. The molecule has 0 atom stereocenters. The van der Waals surface area contributed by atoms with E-state index in [2.05, 4.69) is 34.8 Å². The summed E-state index contributed by atoms with van der Waals surface area (Å²) >= 11 is 0. The Balaban J connectivity index is 1.81. The van der Waals surface area contributed by atoms with E-state index in [-0.39, 0.29) is 5.91 Å². The highest BCUT2D eigenvalue weighted by Gasteiger charge is 2.13. The molecule has 25 heavy (non-hydrogen) atoms. The maximum Gasteiger partial charge on any atom is 0.251 e. The van der Waals surface area contributed by atoms with Crippen LogP contribution in [0.2, 0.25) is 0 Å².